The van der Waals surface area contributed by atoms with Gasteiger partial charge in [-0.2, -0.15) is 5.26 Å². The van der Waals surface area contributed by atoms with E-state index in [0.717, 1.165) is 16.9 Å². The van der Waals surface area contributed by atoms with E-state index in [1.807, 2.05) is 24.3 Å². The molecule has 78 valence electrons. The molecule has 0 N–H and O–H groups in total. The van der Waals surface area contributed by atoms with E-state index in [4.69, 9.17) is 21.6 Å². The van der Waals surface area contributed by atoms with Gasteiger partial charge in [0.2, 0.25) is 0 Å². The quantitative estimate of drug-likeness (QED) is 0.566. The summed E-state index contributed by atoms with van der Waals surface area (Å²) in [5, 5.41) is 8.49. The maximum absolute atomic E-state index is 8.49. The van der Waals surface area contributed by atoms with Gasteiger partial charge < -0.3 is 4.74 Å². The fourth-order valence-electron chi connectivity index (χ4n) is 1.02. The van der Waals surface area contributed by atoms with Crippen molar-refractivity contribution in [1.82, 2.24) is 0 Å². The highest BCUT2D eigenvalue weighted by Gasteiger charge is 1.96. The second kappa shape index (κ2) is 6.10. The summed E-state index contributed by atoms with van der Waals surface area (Å²) in [5.41, 5.74) is 1.83. The third kappa shape index (κ3) is 4.05. The van der Waals surface area contributed by atoms with Crippen molar-refractivity contribution in [3.8, 4) is 11.8 Å². The molecule has 3 heteroatoms. The molecular formula is C12H12ClNO. The summed E-state index contributed by atoms with van der Waals surface area (Å²) in [4.78, 5) is 0. The number of benzene rings is 1. The molecule has 0 unspecified atom stereocenters. The van der Waals surface area contributed by atoms with E-state index in [9.17, 15) is 0 Å². The molecule has 0 aromatic heterocycles. The van der Waals surface area contributed by atoms with Gasteiger partial charge in [-0.15, -0.1) is 11.6 Å². The molecule has 0 saturated carbocycles. The van der Waals surface area contributed by atoms with E-state index >= 15 is 0 Å². The van der Waals surface area contributed by atoms with Crippen LogP contribution in [0.2, 0.25) is 0 Å². The average molecular weight is 222 g/mol. The van der Waals surface area contributed by atoms with Crippen LogP contribution in [0.1, 0.15) is 5.56 Å². The van der Waals surface area contributed by atoms with Crippen LogP contribution in [0.15, 0.2) is 36.4 Å². The Morgan fingerprint density at radius 1 is 1.40 bits per heavy atom. The third-order valence-electron chi connectivity index (χ3n) is 1.84. The fourth-order valence-corrected chi connectivity index (χ4v) is 1.10. The molecule has 0 saturated heterocycles. The number of nitrogens with zero attached hydrogens (tertiary/aromatic N) is 1. The highest BCUT2D eigenvalue weighted by molar-refractivity contribution is 6.19. The Morgan fingerprint density at radius 3 is 2.60 bits per heavy atom. The first-order chi connectivity index (χ1) is 7.26. The van der Waals surface area contributed by atoms with Gasteiger partial charge in [0.1, 0.15) is 12.4 Å². The van der Waals surface area contributed by atoms with Crippen LogP contribution in [0, 0.1) is 11.3 Å². The summed E-state index contributed by atoms with van der Waals surface area (Å²) in [7, 11) is 0. The first kappa shape index (κ1) is 11.6. The molecule has 0 atom stereocenters. The molecule has 0 fully saturated rings. The smallest absolute Gasteiger partial charge is 0.119 e. The summed E-state index contributed by atoms with van der Waals surface area (Å²) in [6, 6.07) is 9.53. The summed E-state index contributed by atoms with van der Waals surface area (Å²) in [6.45, 7) is 4.17. The molecule has 0 aliphatic rings. The lowest BCUT2D eigenvalue weighted by Crippen LogP contribution is -2.01. The normalized spacial score (nSPS) is 9.33. The van der Waals surface area contributed by atoms with E-state index < -0.39 is 0 Å². The van der Waals surface area contributed by atoms with Gasteiger partial charge in [-0.1, -0.05) is 18.7 Å². The second-order valence-electron chi connectivity index (χ2n) is 3.15. The van der Waals surface area contributed by atoms with Gasteiger partial charge in [0.15, 0.2) is 0 Å². The van der Waals surface area contributed by atoms with Gasteiger partial charge in [-0.25, -0.2) is 0 Å². The monoisotopic (exact) mass is 221 g/mol. The molecule has 0 heterocycles. The van der Waals surface area contributed by atoms with Crippen molar-refractivity contribution in [2.75, 3.05) is 12.5 Å². The summed E-state index contributed by atoms with van der Waals surface area (Å²) >= 11 is 5.57. The van der Waals surface area contributed by atoms with E-state index in [-0.39, 0.29) is 0 Å². The third-order valence-corrected chi connectivity index (χ3v) is 2.22. The molecular weight excluding hydrogens is 210 g/mol. The van der Waals surface area contributed by atoms with E-state index in [0.29, 0.717) is 18.9 Å². The fraction of sp³-hybridized carbons (Fsp3) is 0.250. The Bertz CT molecular complexity index is 364. The molecule has 0 spiro atoms. The zero-order chi connectivity index (χ0) is 11.1. The lowest BCUT2D eigenvalue weighted by Gasteiger charge is -2.06. The maximum Gasteiger partial charge on any atom is 0.119 e. The molecule has 0 amide bonds. The number of hydrogen-bond acceptors (Lipinski definition) is 2. The van der Waals surface area contributed by atoms with Crippen molar-refractivity contribution in [1.29, 1.82) is 5.26 Å². The Balaban J connectivity index is 2.50. The van der Waals surface area contributed by atoms with Crippen molar-refractivity contribution < 1.29 is 4.74 Å². The van der Waals surface area contributed by atoms with Crippen molar-refractivity contribution in [2.24, 2.45) is 0 Å². The molecule has 0 aliphatic heterocycles. The van der Waals surface area contributed by atoms with Gasteiger partial charge in [-0.05, 0) is 23.3 Å². The zero-order valence-electron chi connectivity index (χ0n) is 8.37. The van der Waals surface area contributed by atoms with Crippen molar-refractivity contribution in [2.45, 2.75) is 6.42 Å². The number of hydrogen-bond donors (Lipinski definition) is 0. The van der Waals surface area contributed by atoms with Crippen LogP contribution in [0.3, 0.4) is 0 Å². The minimum absolute atomic E-state index is 0.409. The van der Waals surface area contributed by atoms with Crippen LogP contribution in [0.5, 0.6) is 5.75 Å². The topological polar surface area (TPSA) is 33.0 Å². The largest absolute Gasteiger partial charge is 0.489 e. The van der Waals surface area contributed by atoms with Crippen LogP contribution < -0.4 is 4.74 Å². The SMILES string of the molecule is C=C(CCl)COc1ccc(CC#N)cc1. The molecule has 0 aliphatic carbocycles. The van der Waals surface area contributed by atoms with Crippen LogP contribution in [-0.2, 0) is 6.42 Å². The van der Waals surface area contributed by atoms with E-state index in [1.165, 1.54) is 0 Å². The number of alkyl halides is 1. The molecule has 15 heavy (non-hydrogen) atoms. The van der Waals surface area contributed by atoms with Gasteiger partial charge in [0.05, 0.1) is 12.5 Å². The Hall–Kier alpha value is -1.46. The molecule has 1 rings (SSSR count). The Labute approximate surface area is 94.7 Å². The van der Waals surface area contributed by atoms with Crippen LogP contribution in [-0.4, -0.2) is 12.5 Å². The predicted octanol–water partition coefficient (Wildman–Crippen LogP) is 2.93. The lowest BCUT2D eigenvalue weighted by atomic mass is 10.2. The minimum Gasteiger partial charge on any atom is -0.489 e. The van der Waals surface area contributed by atoms with E-state index in [2.05, 4.69) is 12.6 Å². The standard InChI is InChI=1S/C12H12ClNO/c1-10(8-13)9-15-12-4-2-11(3-5-12)6-7-14/h2-5H,1,6,8-9H2. The maximum atomic E-state index is 8.49. The summed E-state index contributed by atoms with van der Waals surface area (Å²) in [6.07, 6.45) is 0.425. The van der Waals surface area contributed by atoms with Gasteiger partial charge in [-0.3, -0.25) is 0 Å². The van der Waals surface area contributed by atoms with Crippen molar-refractivity contribution in [3.63, 3.8) is 0 Å². The number of halogens is 1. The first-order valence-corrected chi connectivity index (χ1v) is 5.11. The molecule has 0 bridgehead atoms. The van der Waals surface area contributed by atoms with Gasteiger partial charge >= 0.3 is 0 Å². The van der Waals surface area contributed by atoms with Crippen LogP contribution >= 0.6 is 11.6 Å². The predicted molar refractivity (Wildman–Crippen MR) is 61.1 cm³/mol. The van der Waals surface area contributed by atoms with Gasteiger partial charge in [0, 0.05) is 5.88 Å². The number of ether oxygens (including phenoxy) is 1. The first-order valence-electron chi connectivity index (χ1n) is 4.57. The summed E-state index contributed by atoms with van der Waals surface area (Å²) < 4.78 is 5.42. The van der Waals surface area contributed by atoms with Gasteiger partial charge in [0.25, 0.3) is 0 Å². The van der Waals surface area contributed by atoms with Crippen LogP contribution in [0.25, 0.3) is 0 Å². The highest BCUT2D eigenvalue weighted by atomic mass is 35.5. The van der Waals surface area contributed by atoms with E-state index in [1.54, 1.807) is 0 Å². The molecule has 1 aromatic rings. The average Bonchev–Trinajstić information content (AvgIpc) is 2.28. The number of nitriles is 1. The van der Waals surface area contributed by atoms with Crippen molar-refractivity contribution >= 4 is 11.6 Å². The number of rotatable bonds is 5. The molecule has 1 aromatic carbocycles. The Kier molecular flexibility index (Phi) is 4.73. The second-order valence-corrected chi connectivity index (χ2v) is 3.42. The lowest BCUT2D eigenvalue weighted by molar-refractivity contribution is 0.353. The Morgan fingerprint density at radius 2 is 2.07 bits per heavy atom. The summed E-state index contributed by atoms with van der Waals surface area (Å²) in [5.74, 6) is 1.18. The zero-order valence-corrected chi connectivity index (χ0v) is 9.13. The minimum atomic E-state index is 0.409. The van der Waals surface area contributed by atoms with Crippen LogP contribution in [0.4, 0.5) is 0 Å². The molecule has 0 radical (unpaired) electrons. The highest BCUT2D eigenvalue weighted by Crippen LogP contribution is 2.13. The van der Waals surface area contributed by atoms with Crippen molar-refractivity contribution in [3.05, 3.63) is 42.0 Å². The molecule has 2 nitrogen and oxygen atoms in total.